The second kappa shape index (κ2) is 5.61. The van der Waals surface area contributed by atoms with Gasteiger partial charge < -0.3 is 9.80 Å². The molecule has 1 aliphatic carbocycles. The Labute approximate surface area is 135 Å². The van der Waals surface area contributed by atoms with E-state index in [1.807, 2.05) is 24.0 Å². The van der Waals surface area contributed by atoms with Crippen LogP contribution in [0.15, 0.2) is 24.5 Å². The van der Waals surface area contributed by atoms with Crippen molar-refractivity contribution in [1.29, 1.82) is 0 Å². The Morgan fingerprint density at radius 1 is 1.17 bits per heavy atom. The van der Waals surface area contributed by atoms with Crippen LogP contribution in [0.4, 0.5) is 5.82 Å². The van der Waals surface area contributed by atoms with E-state index in [0.29, 0.717) is 13.2 Å². The molecule has 1 fully saturated rings. The Morgan fingerprint density at radius 3 is 2.74 bits per heavy atom. The van der Waals surface area contributed by atoms with Crippen molar-refractivity contribution in [2.24, 2.45) is 0 Å². The lowest BCUT2D eigenvalue weighted by Crippen LogP contribution is -2.27. The average Bonchev–Trinajstić information content (AvgIpc) is 3.20. The smallest absolute Gasteiger partial charge is 0.243 e. The number of nitrogens with zero attached hydrogens (tertiary/aromatic N) is 5. The highest BCUT2D eigenvalue weighted by atomic mass is 16.2. The number of hydrogen-bond acceptors (Lipinski definition) is 5. The van der Waals surface area contributed by atoms with Crippen LogP contribution in [0.3, 0.4) is 0 Å². The number of fused-ring (bicyclic) bond motifs is 1. The summed E-state index contributed by atoms with van der Waals surface area (Å²) in [6.45, 7) is 3.77. The van der Waals surface area contributed by atoms with Crippen molar-refractivity contribution in [3.05, 3.63) is 35.8 Å². The fourth-order valence-electron chi connectivity index (χ4n) is 3.32. The Hall–Kier alpha value is -2.50. The van der Waals surface area contributed by atoms with Crippen LogP contribution in [0.5, 0.6) is 0 Å². The molecule has 0 spiro atoms. The van der Waals surface area contributed by atoms with Gasteiger partial charge in [-0.25, -0.2) is 9.97 Å². The van der Waals surface area contributed by atoms with Gasteiger partial charge in [0.25, 0.3) is 0 Å². The maximum Gasteiger partial charge on any atom is 0.243 e. The molecule has 0 unspecified atom stereocenters. The van der Waals surface area contributed by atoms with E-state index in [4.69, 9.17) is 9.97 Å². The summed E-state index contributed by atoms with van der Waals surface area (Å²) < 4.78 is 0. The van der Waals surface area contributed by atoms with Gasteiger partial charge >= 0.3 is 0 Å². The highest BCUT2D eigenvalue weighted by Gasteiger charge is 2.31. The van der Waals surface area contributed by atoms with Crippen molar-refractivity contribution in [2.75, 3.05) is 24.7 Å². The Kier molecular flexibility index (Phi) is 3.44. The molecule has 1 aliphatic heterocycles. The van der Waals surface area contributed by atoms with E-state index >= 15 is 0 Å². The number of hydrogen-bond donors (Lipinski definition) is 0. The van der Waals surface area contributed by atoms with E-state index in [2.05, 4.69) is 9.88 Å². The number of anilines is 1. The Bertz CT molecular complexity index is 746. The molecule has 6 heteroatoms. The first-order valence-corrected chi connectivity index (χ1v) is 8.09. The second-order valence-electron chi connectivity index (χ2n) is 5.97. The molecule has 1 saturated heterocycles. The first kappa shape index (κ1) is 14.1. The van der Waals surface area contributed by atoms with Crippen LogP contribution in [0.25, 0.3) is 11.4 Å². The summed E-state index contributed by atoms with van der Waals surface area (Å²) in [5, 5.41) is 0. The topological polar surface area (TPSA) is 62.2 Å². The van der Waals surface area contributed by atoms with Crippen LogP contribution in [-0.2, 0) is 17.6 Å². The van der Waals surface area contributed by atoms with Gasteiger partial charge in [0, 0.05) is 35.8 Å². The molecule has 0 bridgehead atoms. The third-order valence-electron chi connectivity index (χ3n) is 4.55. The zero-order chi connectivity index (χ0) is 15.8. The standard InChI is InChI=1S/C17H19N5O/c1-2-21-11-22(10-15(21)23)17-13-4-3-5-14(13)19-16(20-17)12-6-8-18-9-7-12/h6-9H,2-5,10-11H2,1H3. The zero-order valence-electron chi connectivity index (χ0n) is 13.2. The van der Waals surface area contributed by atoms with Crippen LogP contribution in [0, 0.1) is 0 Å². The van der Waals surface area contributed by atoms with Crippen molar-refractivity contribution >= 4 is 11.7 Å². The number of aryl methyl sites for hydroxylation is 1. The summed E-state index contributed by atoms with van der Waals surface area (Å²) in [5.74, 6) is 1.83. The molecule has 3 heterocycles. The molecular formula is C17H19N5O. The molecule has 2 aromatic rings. The molecule has 4 rings (SSSR count). The van der Waals surface area contributed by atoms with E-state index in [-0.39, 0.29) is 5.91 Å². The van der Waals surface area contributed by atoms with Crippen molar-refractivity contribution in [2.45, 2.75) is 26.2 Å². The lowest BCUT2D eigenvalue weighted by molar-refractivity contribution is -0.126. The van der Waals surface area contributed by atoms with E-state index in [1.165, 1.54) is 5.56 Å². The minimum Gasteiger partial charge on any atom is -0.329 e. The Morgan fingerprint density at radius 2 is 2.00 bits per heavy atom. The van der Waals surface area contributed by atoms with E-state index in [0.717, 1.165) is 48.7 Å². The fraction of sp³-hybridized carbons (Fsp3) is 0.412. The van der Waals surface area contributed by atoms with Gasteiger partial charge in [-0.2, -0.15) is 0 Å². The maximum atomic E-state index is 12.1. The largest absolute Gasteiger partial charge is 0.329 e. The van der Waals surface area contributed by atoms with Crippen LogP contribution < -0.4 is 4.90 Å². The van der Waals surface area contributed by atoms with Crippen LogP contribution in [0.2, 0.25) is 0 Å². The number of amides is 1. The highest BCUT2D eigenvalue weighted by Crippen LogP contribution is 2.32. The molecule has 0 atom stereocenters. The van der Waals surface area contributed by atoms with Gasteiger partial charge in [-0.05, 0) is 38.3 Å². The normalized spacial score (nSPS) is 17.0. The van der Waals surface area contributed by atoms with Crippen molar-refractivity contribution in [3.63, 3.8) is 0 Å². The third kappa shape index (κ3) is 2.44. The van der Waals surface area contributed by atoms with Gasteiger partial charge in [0.1, 0.15) is 12.4 Å². The predicted molar refractivity (Wildman–Crippen MR) is 86.9 cm³/mol. The summed E-state index contributed by atoms with van der Waals surface area (Å²) in [5.41, 5.74) is 3.31. The monoisotopic (exact) mass is 309 g/mol. The number of likely N-dealkylation sites (N-methyl/N-ethyl adjacent to an activating group) is 1. The number of aromatic nitrogens is 3. The molecule has 118 valence electrons. The molecule has 2 aromatic heterocycles. The summed E-state index contributed by atoms with van der Waals surface area (Å²) >= 11 is 0. The van der Waals surface area contributed by atoms with Gasteiger partial charge in [0.15, 0.2) is 5.82 Å². The number of rotatable bonds is 3. The molecule has 6 nitrogen and oxygen atoms in total. The molecule has 23 heavy (non-hydrogen) atoms. The number of carbonyl (C=O) groups is 1. The summed E-state index contributed by atoms with van der Waals surface area (Å²) in [6, 6.07) is 3.85. The minimum atomic E-state index is 0.170. The minimum absolute atomic E-state index is 0.170. The van der Waals surface area contributed by atoms with Crippen molar-refractivity contribution < 1.29 is 4.79 Å². The quantitative estimate of drug-likeness (QED) is 0.863. The molecular weight excluding hydrogens is 290 g/mol. The van der Waals surface area contributed by atoms with Crippen molar-refractivity contribution in [3.8, 4) is 11.4 Å². The van der Waals surface area contributed by atoms with Crippen LogP contribution in [-0.4, -0.2) is 45.5 Å². The predicted octanol–water partition coefficient (Wildman–Crippen LogP) is 1.65. The summed E-state index contributed by atoms with van der Waals surface area (Å²) in [7, 11) is 0. The van der Waals surface area contributed by atoms with Crippen molar-refractivity contribution in [1.82, 2.24) is 19.9 Å². The van der Waals surface area contributed by atoms with E-state index in [9.17, 15) is 4.79 Å². The highest BCUT2D eigenvalue weighted by molar-refractivity contribution is 5.85. The molecule has 0 saturated carbocycles. The molecule has 0 radical (unpaired) electrons. The van der Waals surface area contributed by atoms with Crippen LogP contribution >= 0.6 is 0 Å². The van der Waals surface area contributed by atoms with Gasteiger partial charge in [-0.15, -0.1) is 0 Å². The fourth-order valence-corrected chi connectivity index (χ4v) is 3.32. The van der Waals surface area contributed by atoms with Gasteiger partial charge in [-0.3, -0.25) is 9.78 Å². The molecule has 1 amide bonds. The molecule has 0 N–H and O–H groups in total. The van der Waals surface area contributed by atoms with E-state index in [1.54, 1.807) is 12.4 Å². The van der Waals surface area contributed by atoms with Gasteiger partial charge in [0.2, 0.25) is 5.91 Å². The first-order valence-electron chi connectivity index (χ1n) is 8.09. The summed E-state index contributed by atoms with van der Waals surface area (Å²) in [6.07, 6.45) is 6.60. The lowest BCUT2D eigenvalue weighted by Gasteiger charge is -2.20. The molecule has 0 aromatic carbocycles. The number of carbonyl (C=O) groups excluding carboxylic acids is 1. The zero-order valence-corrected chi connectivity index (χ0v) is 13.2. The van der Waals surface area contributed by atoms with Gasteiger partial charge in [-0.1, -0.05) is 0 Å². The number of pyridine rings is 1. The Balaban J connectivity index is 1.77. The average molecular weight is 309 g/mol. The summed E-state index contributed by atoms with van der Waals surface area (Å²) in [4.78, 5) is 29.6. The third-order valence-corrected chi connectivity index (χ3v) is 4.55. The SMILES string of the molecule is CCN1CN(c2nc(-c3ccncc3)nc3c2CCC3)CC1=O. The van der Waals surface area contributed by atoms with Crippen LogP contribution in [0.1, 0.15) is 24.6 Å². The van der Waals surface area contributed by atoms with E-state index < -0.39 is 0 Å². The second-order valence-corrected chi connectivity index (χ2v) is 5.97. The first-order chi connectivity index (χ1) is 11.3. The molecule has 2 aliphatic rings. The van der Waals surface area contributed by atoms with Gasteiger partial charge in [0.05, 0.1) is 6.67 Å². The maximum absolute atomic E-state index is 12.1. The lowest BCUT2D eigenvalue weighted by atomic mass is 10.2.